The number of rotatable bonds is 2. The predicted octanol–water partition coefficient (Wildman–Crippen LogP) is -2.31. The standard InChI is InChI=1S/C7H9NO3S.Na/c1-6(12(9,10)11)7-4-2-3-5-8-7;/h2-6H,1H3,(H,9,10,11);/q;+1/p-1. The normalized spacial score (nSPS) is 13.1. The molecule has 0 aliphatic carbocycles. The SMILES string of the molecule is CC(c1ccccn1)S(=O)(=O)[O-].[Na+]. The molecule has 0 bridgehead atoms. The van der Waals surface area contributed by atoms with E-state index in [9.17, 15) is 13.0 Å². The van der Waals surface area contributed by atoms with E-state index >= 15 is 0 Å². The zero-order valence-electron chi connectivity index (χ0n) is 7.47. The van der Waals surface area contributed by atoms with Crippen molar-refractivity contribution in [3.8, 4) is 0 Å². The van der Waals surface area contributed by atoms with Gasteiger partial charge in [-0.15, -0.1) is 0 Å². The van der Waals surface area contributed by atoms with Crippen LogP contribution in [0.4, 0.5) is 0 Å². The molecule has 1 heterocycles. The Morgan fingerprint density at radius 1 is 1.46 bits per heavy atom. The molecule has 0 aromatic carbocycles. The van der Waals surface area contributed by atoms with Gasteiger partial charge in [-0.1, -0.05) is 6.07 Å². The van der Waals surface area contributed by atoms with Gasteiger partial charge in [0.15, 0.2) is 0 Å². The fourth-order valence-electron chi connectivity index (χ4n) is 0.764. The van der Waals surface area contributed by atoms with E-state index in [1.165, 1.54) is 19.2 Å². The first kappa shape index (κ1) is 13.1. The summed E-state index contributed by atoms with van der Waals surface area (Å²) in [4.78, 5) is 3.77. The van der Waals surface area contributed by atoms with Crippen LogP contribution in [0.5, 0.6) is 0 Å². The monoisotopic (exact) mass is 209 g/mol. The van der Waals surface area contributed by atoms with Crippen LogP contribution in [0, 0.1) is 0 Å². The molecule has 0 aliphatic rings. The van der Waals surface area contributed by atoms with E-state index in [4.69, 9.17) is 0 Å². The summed E-state index contributed by atoms with van der Waals surface area (Å²) in [5, 5.41) is -1.07. The van der Waals surface area contributed by atoms with Crippen LogP contribution in [-0.2, 0) is 10.1 Å². The maximum Gasteiger partial charge on any atom is 1.00 e. The molecule has 1 aromatic rings. The van der Waals surface area contributed by atoms with Gasteiger partial charge in [0.05, 0.1) is 10.9 Å². The van der Waals surface area contributed by atoms with Gasteiger partial charge < -0.3 is 4.55 Å². The van der Waals surface area contributed by atoms with E-state index in [0.717, 1.165) is 0 Å². The summed E-state index contributed by atoms with van der Waals surface area (Å²) in [5.41, 5.74) is 0.285. The van der Waals surface area contributed by atoms with Crippen molar-refractivity contribution in [2.45, 2.75) is 12.2 Å². The van der Waals surface area contributed by atoms with Gasteiger partial charge in [0.2, 0.25) is 0 Å². The van der Waals surface area contributed by atoms with E-state index in [1.807, 2.05) is 0 Å². The van der Waals surface area contributed by atoms with E-state index in [1.54, 1.807) is 12.1 Å². The summed E-state index contributed by atoms with van der Waals surface area (Å²) < 4.78 is 31.6. The molecule has 1 atom stereocenters. The molecule has 66 valence electrons. The Morgan fingerprint density at radius 2 is 2.08 bits per heavy atom. The fraction of sp³-hybridized carbons (Fsp3) is 0.286. The van der Waals surface area contributed by atoms with Crippen molar-refractivity contribution < 1.29 is 42.5 Å². The van der Waals surface area contributed by atoms with Crippen LogP contribution in [0.15, 0.2) is 24.4 Å². The quantitative estimate of drug-likeness (QED) is 0.405. The molecule has 1 rings (SSSR count). The summed E-state index contributed by atoms with van der Waals surface area (Å²) in [6, 6.07) is 4.82. The topological polar surface area (TPSA) is 70.1 Å². The molecule has 1 aromatic heterocycles. The molecule has 0 radical (unpaired) electrons. The minimum Gasteiger partial charge on any atom is -0.747 e. The zero-order chi connectivity index (χ0) is 9.19. The minimum absolute atomic E-state index is 0. The van der Waals surface area contributed by atoms with Crippen LogP contribution in [0.25, 0.3) is 0 Å². The first-order chi connectivity index (χ1) is 5.52. The molecule has 1 unspecified atom stereocenters. The first-order valence-corrected chi connectivity index (χ1v) is 4.84. The number of hydrogen-bond donors (Lipinski definition) is 0. The molecule has 0 amide bonds. The third-order valence-electron chi connectivity index (χ3n) is 1.54. The predicted molar refractivity (Wildman–Crippen MR) is 42.3 cm³/mol. The van der Waals surface area contributed by atoms with Crippen molar-refractivity contribution in [3.05, 3.63) is 30.1 Å². The summed E-state index contributed by atoms with van der Waals surface area (Å²) in [6.07, 6.45) is 1.46. The number of aromatic nitrogens is 1. The van der Waals surface area contributed by atoms with E-state index < -0.39 is 15.4 Å². The van der Waals surface area contributed by atoms with Gasteiger partial charge in [-0.2, -0.15) is 0 Å². The summed E-state index contributed by atoms with van der Waals surface area (Å²) >= 11 is 0. The van der Waals surface area contributed by atoms with Gasteiger partial charge >= 0.3 is 29.6 Å². The molecule has 0 N–H and O–H groups in total. The third-order valence-corrected chi connectivity index (χ3v) is 2.64. The van der Waals surface area contributed by atoms with Crippen molar-refractivity contribution >= 4 is 10.1 Å². The maximum absolute atomic E-state index is 10.5. The smallest absolute Gasteiger partial charge is 0.747 e. The molecule has 0 saturated heterocycles. The van der Waals surface area contributed by atoms with Crippen LogP contribution in [-0.4, -0.2) is 18.0 Å². The van der Waals surface area contributed by atoms with Crippen molar-refractivity contribution in [3.63, 3.8) is 0 Å². The molecule has 13 heavy (non-hydrogen) atoms. The van der Waals surface area contributed by atoms with Gasteiger partial charge in [-0.25, -0.2) is 8.42 Å². The largest absolute Gasteiger partial charge is 1.00 e. The van der Waals surface area contributed by atoms with Gasteiger partial charge in [0.1, 0.15) is 10.1 Å². The molecule has 4 nitrogen and oxygen atoms in total. The van der Waals surface area contributed by atoms with Gasteiger partial charge in [-0.05, 0) is 19.1 Å². The molecule has 0 spiro atoms. The minimum atomic E-state index is -4.27. The van der Waals surface area contributed by atoms with Crippen LogP contribution in [0.2, 0.25) is 0 Å². The Labute approximate surface area is 99.4 Å². The Kier molecular flexibility index (Phi) is 5.09. The average Bonchev–Trinajstić information content (AvgIpc) is 2.03. The number of hydrogen-bond acceptors (Lipinski definition) is 4. The third kappa shape index (κ3) is 3.74. The fourth-order valence-corrected chi connectivity index (χ4v) is 1.20. The first-order valence-electron chi connectivity index (χ1n) is 3.37. The summed E-state index contributed by atoms with van der Waals surface area (Å²) in [7, 11) is -4.27. The number of pyridine rings is 1. The van der Waals surface area contributed by atoms with Gasteiger partial charge in [-0.3, -0.25) is 4.98 Å². The summed E-state index contributed by atoms with van der Waals surface area (Å²) in [6.45, 7) is 1.32. The molecule has 0 aliphatic heterocycles. The Hall–Kier alpha value is 0.0600. The van der Waals surface area contributed by atoms with Crippen molar-refractivity contribution in [2.75, 3.05) is 0 Å². The molecule has 0 saturated carbocycles. The van der Waals surface area contributed by atoms with Gasteiger partial charge in [0, 0.05) is 6.20 Å². The van der Waals surface area contributed by atoms with Crippen LogP contribution >= 0.6 is 0 Å². The Bertz CT molecular complexity index is 351. The second kappa shape index (κ2) is 5.07. The second-order valence-electron chi connectivity index (χ2n) is 2.39. The van der Waals surface area contributed by atoms with Crippen molar-refractivity contribution in [2.24, 2.45) is 0 Å². The second-order valence-corrected chi connectivity index (χ2v) is 4.08. The summed E-state index contributed by atoms with van der Waals surface area (Å²) in [5.74, 6) is 0. The van der Waals surface area contributed by atoms with E-state index in [0.29, 0.717) is 0 Å². The van der Waals surface area contributed by atoms with Gasteiger partial charge in [0.25, 0.3) is 0 Å². The Morgan fingerprint density at radius 3 is 2.46 bits per heavy atom. The van der Waals surface area contributed by atoms with Crippen molar-refractivity contribution in [1.29, 1.82) is 0 Å². The molecule has 6 heteroatoms. The van der Waals surface area contributed by atoms with E-state index in [-0.39, 0.29) is 35.3 Å². The molecule has 0 fully saturated rings. The Balaban J connectivity index is 0.00000144. The van der Waals surface area contributed by atoms with Crippen LogP contribution < -0.4 is 29.6 Å². The zero-order valence-corrected chi connectivity index (χ0v) is 10.3. The average molecular weight is 209 g/mol. The van der Waals surface area contributed by atoms with Crippen molar-refractivity contribution in [1.82, 2.24) is 4.98 Å². The maximum atomic E-state index is 10.5. The van der Waals surface area contributed by atoms with Crippen LogP contribution in [0.3, 0.4) is 0 Å². The van der Waals surface area contributed by atoms with E-state index in [2.05, 4.69) is 4.98 Å². The number of nitrogens with zero attached hydrogens (tertiary/aromatic N) is 1. The molecular formula is C7H8NNaO3S. The van der Waals surface area contributed by atoms with Crippen LogP contribution in [0.1, 0.15) is 17.9 Å². The molecular weight excluding hydrogens is 201 g/mol.